The number of anilines is 1. The van der Waals surface area contributed by atoms with Gasteiger partial charge in [0.2, 0.25) is 5.91 Å². The van der Waals surface area contributed by atoms with Crippen LogP contribution in [0, 0.1) is 19.7 Å². The summed E-state index contributed by atoms with van der Waals surface area (Å²) < 4.78 is 21.0. The summed E-state index contributed by atoms with van der Waals surface area (Å²) in [7, 11) is 0. The van der Waals surface area contributed by atoms with E-state index in [0.29, 0.717) is 34.3 Å². The number of furan rings is 1. The molecule has 7 nitrogen and oxygen atoms in total. The van der Waals surface area contributed by atoms with Gasteiger partial charge in [0.1, 0.15) is 17.3 Å². The predicted molar refractivity (Wildman–Crippen MR) is 129 cm³/mol. The molecule has 174 valence electrons. The van der Waals surface area contributed by atoms with Crippen LogP contribution in [-0.4, -0.2) is 27.1 Å². The second kappa shape index (κ2) is 10.4. The van der Waals surface area contributed by atoms with Crippen molar-refractivity contribution in [1.29, 1.82) is 0 Å². The monoisotopic (exact) mass is 478 g/mol. The van der Waals surface area contributed by atoms with Crippen molar-refractivity contribution in [2.24, 2.45) is 0 Å². The Bertz CT molecular complexity index is 1310. The molecular formula is C25H23FN4O3S. The topological polar surface area (TPSA) is 89.2 Å². The summed E-state index contributed by atoms with van der Waals surface area (Å²) in [5, 5.41) is 6.14. The normalized spacial score (nSPS) is 10.8. The number of halogens is 1. The number of carbonyl (C=O) groups excluding carboxylic acids is 2. The van der Waals surface area contributed by atoms with Crippen molar-refractivity contribution >= 4 is 29.3 Å². The lowest BCUT2D eigenvalue weighted by Gasteiger charge is -2.09. The molecule has 0 saturated heterocycles. The molecule has 0 spiro atoms. The quantitative estimate of drug-likeness (QED) is 0.352. The maximum atomic E-state index is 13.7. The lowest BCUT2D eigenvalue weighted by atomic mass is 10.2. The van der Waals surface area contributed by atoms with Crippen LogP contribution in [0.5, 0.6) is 0 Å². The molecular weight excluding hydrogens is 455 g/mol. The van der Waals surface area contributed by atoms with Crippen molar-refractivity contribution in [1.82, 2.24) is 14.9 Å². The third-order valence-corrected chi connectivity index (χ3v) is 5.99. The lowest BCUT2D eigenvalue weighted by molar-refractivity contribution is -0.113. The second-order valence-corrected chi connectivity index (χ2v) is 8.57. The summed E-state index contributed by atoms with van der Waals surface area (Å²) in [5.74, 6) is 0.767. The highest BCUT2D eigenvalue weighted by atomic mass is 32.2. The predicted octanol–water partition coefficient (Wildman–Crippen LogP) is 4.88. The van der Waals surface area contributed by atoms with Crippen molar-refractivity contribution in [3.8, 4) is 5.69 Å². The summed E-state index contributed by atoms with van der Waals surface area (Å²) in [4.78, 5) is 29.0. The van der Waals surface area contributed by atoms with Crippen molar-refractivity contribution in [2.45, 2.75) is 25.5 Å². The van der Waals surface area contributed by atoms with Crippen LogP contribution in [0.25, 0.3) is 5.69 Å². The number of benzene rings is 2. The van der Waals surface area contributed by atoms with Crippen molar-refractivity contribution in [3.05, 3.63) is 95.5 Å². The fraction of sp³-hybridized carbons (Fsp3) is 0.160. The van der Waals surface area contributed by atoms with E-state index in [-0.39, 0.29) is 23.4 Å². The molecule has 9 heteroatoms. The van der Waals surface area contributed by atoms with Crippen molar-refractivity contribution < 1.29 is 18.4 Å². The van der Waals surface area contributed by atoms with Gasteiger partial charge >= 0.3 is 0 Å². The average molecular weight is 479 g/mol. The van der Waals surface area contributed by atoms with Crippen LogP contribution in [0.3, 0.4) is 0 Å². The fourth-order valence-corrected chi connectivity index (χ4v) is 3.99. The Morgan fingerprint density at radius 2 is 1.88 bits per heavy atom. The van der Waals surface area contributed by atoms with Crippen LogP contribution in [0.1, 0.15) is 27.4 Å². The molecule has 2 N–H and O–H groups in total. The van der Waals surface area contributed by atoms with E-state index in [1.807, 2.05) is 35.8 Å². The first-order chi connectivity index (χ1) is 16.4. The van der Waals surface area contributed by atoms with E-state index in [4.69, 9.17) is 4.42 Å². The van der Waals surface area contributed by atoms with E-state index in [9.17, 15) is 14.0 Å². The zero-order valence-electron chi connectivity index (χ0n) is 18.7. The van der Waals surface area contributed by atoms with Crippen LogP contribution in [0.15, 0.2) is 76.6 Å². The smallest absolute Gasteiger partial charge is 0.251 e. The number of imidazole rings is 1. The number of hydrogen-bond donors (Lipinski definition) is 2. The number of nitrogens with one attached hydrogen (secondary N) is 2. The van der Waals surface area contributed by atoms with Crippen LogP contribution in [0.4, 0.5) is 10.1 Å². The highest BCUT2D eigenvalue weighted by molar-refractivity contribution is 7.99. The molecule has 2 amide bonds. The molecule has 0 unspecified atom stereocenters. The number of aryl methyl sites for hydroxylation is 2. The summed E-state index contributed by atoms with van der Waals surface area (Å²) in [6, 6.07) is 15.3. The minimum Gasteiger partial charge on any atom is -0.465 e. The van der Waals surface area contributed by atoms with Crippen LogP contribution in [0.2, 0.25) is 0 Å². The van der Waals surface area contributed by atoms with Gasteiger partial charge in [0.15, 0.2) is 5.16 Å². The number of rotatable bonds is 8. The maximum Gasteiger partial charge on any atom is 0.251 e. The molecule has 0 bridgehead atoms. The summed E-state index contributed by atoms with van der Waals surface area (Å²) in [6.45, 7) is 3.83. The molecule has 0 aliphatic rings. The Morgan fingerprint density at radius 1 is 1.09 bits per heavy atom. The number of carbonyl (C=O) groups is 2. The number of thioether (sulfide) groups is 1. The molecule has 0 radical (unpaired) electrons. The Morgan fingerprint density at radius 3 is 2.59 bits per heavy atom. The molecule has 0 saturated carbocycles. The third kappa shape index (κ3) is 5.74. The fourth-order valence-electron chi connectivity index (χ4n) is 3.21. The molecule has 0 aliphatic carbocycles. The number of amides is 2. The van der Waals surface area contributed by atoms with E-state index < -0.39 is 0 Å². The molecule has 2 aromatic heterocycles. The zero-order chi connectivity index (χ0) is 24.1. The Kier molecular flexibility index (Phi) is 7.12. The lowest BCUT2D eigenvalue weighted by Crippen LogP contribution is -2.22. The van der Waals surface area contributed by atoms with Gasteiger partial charge < -0.3 is 15.1 Å². The van der Waals surface area contributed by atoms with Gasteiger partial charge in [-0.25, -0.2) is 9.37 Å². The van der Waals surface area contributed by atoms with Gasteiger partial charge in [0.25, 0.3) is 5.91 Å². The van der Waals surface area contributed by atoms with Gasteiger partial charge in [-0.1, -0.05) is 17.8 Å². The SMILES string of the molecule is Cc1ccc(CNC(=O)c2ccc(-n3ccnc3SCC(=O)Nc3ccc(C)c(F)c3)cc2)o1. The molecule has 2 aromatic carbocycles. The van der Waals surface area contributed by atoms with Gasteiger partial charge in [-0.2, -0.15) is 0 Å². The summed E-state index contributed by atoms with van der Waals surface area (Å²) in [6.07, 6.45) is 3.42. The Hall–Kier alpha value is -3.85. The highest BCUT2D eigenvalue weighted by Crippen LogP contribution is 2.22. The Labute approximate surface area is 200 Å². The van der Waals surface area contributed by atoms with E-state index in [1.165, 1.54) is 17.8 Å². The minimum atomic E-state index is -0.366. The first-order valence-electron chi connectivity index (χ1n) is 10.5. The number of aromatic nitrogens is 2. The van der Waals surface area contributed by atoms with Crippen molar-refractivity contribution in [3.63, 3.8) is 0 Å². The molecule has 2 heterocycles. The molecule has 4 aromatic rings. The average Bonchev–Trinajstić information content (AvgIpc) is 3.47. The Balaban J connectivity index is 1.34. The van der Waals surface area contributed by atoms with Gasteiger partial charge in [-0.3, -0.25) is 14.2 Å². The van der Waals surface area contributed by atoms with Gasteiger partial charge in [-0.05, 0) is 67.9 Å². The van der Waals surface area contributed by atoms with Gasteiger partial charge in [0.05, 0.1) is 12.3 Å². The number of nitrogens with zero attached hydrogens (tertiary/aromatic N) is 2. The number of hydrogen-bond acceptors (Lipinski definition) is 5. The third-order valence-electron chi connectivity index (χ3n) is 5.02. The van der Waals surface area contributed by atoms with E-state index in [1.54, 1.807) is 43.6 Å². The summed E-state index contributed by atoms with van der Waals surface area (Å²) in [5.41, 5.74) is 2.25. The first kappa shape index (κ1) is 23.3. The van der Waals surface area contributed by atoms with Gasteiger partial charge in [-0.15, -0.1) is 0 Å². The van der Waals surface area contributed by atoms with Gasteiger partial charge in [0, 0.05) is 29.3 Å². The van der Waals surface area contributed by atoms with E-state index >= 15 is 0 Å². The largest absolute Gasteiger partial charge is 0.465 e. The van der Waals surface area contributed by atoms with Crippen LogP contribution in [-0.2, 0) is 11.3 Å². The van der Waals surface area contributed by atoms with E-state index in [0.717, 1.165) is 11.4 Å². The minimum absolute atomic E-state index is 0.110. The second-order valence-electron chi connectivity index (χ2n) is 7.62. The van der Waals surface area contributed by atoms with Crippen LogP contribution >= 0.6 is 11.8 Å². The van der Waals surface area contributed by atoms with Crippen LogP contribution < -0.4 is 10.6 Å². The molecule has 34 heavy (non-hydrogen) atoms. The highest BCUT2D eigenvalue weighted by Gasteiger charge is 2.12. The van der Waals surface area contributed by atoms with E-state index in [2.05, 4.69) is 15.6 Å². The molecule has 0 fully saturated rings. The molecule has 0 aliphatic heterocycles. The van der Waals surface area contributed by atoms with Crippen molar-refractivity contribution in [2.75, 3.05) is 11.1 Å². The summed E-state index contributed by atoms with van der Waals surface area (Å²) >= 11 is 1.26. The molecule has 0 atom stereocenters. The zero-order valence-corrected chi connectivity index (χ0v) is 19.5. The molecule has 4 rings (SSSR count). The maximum absolute atomic E-state index is 13.7. The first-order valence-corrected chi connectivity index (χ1v) is 11.5. The standard InChI is InChI=1S/C25H23FN4O3S/c1-16-3-7-19(13-22(16)26)29-23(31)15-34-25-27-11-12-30(25)20-8-5-18(6-9-20)24(32)28-14-21-10-4-17(2)33-21/h3-13H,14-15H2,1-2H3,(H,28,32)(H,29,31).